The zero-order chi connectivity index (χ0) is 19.2. The van der Waals surface area contributed by atoms with E-state index < -0.39 is 23.0 Å². The lowest BCUT2D eigenvalue weighted by atomic mass is 10.1. The van der Waals surface area contributed by atoms with Crippen molar-refractivity contribution in [1.82, 2.24) is 14.1 Å². The molecule has 0 aliphatic rings. The van der Waals surface area contributed by atoms with Crippen LogP contribution in [0.3, 0.4) is 0 Å². The van der Waals surface area contributed by atoms with Crippen LogP contribution in [0.2, 0.25) is 0 Å². The van der Waals surface area contributed by atoms with Crippen molar-refractivity contribution >= 4 is 22.4 Å². The van der Waals surface area contributed by atoms with Crippen LogP contribution in [0.4, 0.5) is 24.5 Å². The smallest absolute Gasteiger partial charge is 0.354 e. The summed E-state index contributed by atoms with van der Waals surface area (Å²) in [6.45, 7) is 1.67. The van der Waals surface area contributed by atoms with E-state index in [1.165, 1.54) is 37.0 Å². The third kappa shape index (κ3) is 2.85. The number of aryl methyl sites for hydroxylation is 2. The van der Waals surface area contributed by atoms with Gasteiger partial charge in [0, 0.05) is 26.0 Å². The molecule has 0 spiro atoms. The summed E-state index contributed by atoms with van der Waals surface area (Å²) in [5.41, 5.74) is -0.725. The van der Waals surface area contributed by atoms with Gasteiger partial charge in [0.25, 0.3) is 5.56 Å². The lowest BCUT2D eigenvalue weighted by Crippen LogP contribution is -2.37. The molecule has 0 aliphatic heterocycles. The van der Waals surface area contributed by atoms with Crippen molar-refractivity contribution in [2.45, 2.75) is 13.1 Å². The summed E-state index contributed by atoms with van der Waals surface area (Å²) < 4.78 is 40.9. The van der Waals surface area contributed by atoms with Gasteiger partial charge in [0.15, 0.2) is 5.65 Å². The molecule has 0 saturated carbocycles. The molecular formula is C17H15F3N4O2. The van der Waals surface area contributed by atoms with Gasteiger partial charge in [-0.25, -0.2) is 9.78 Å². The minimum absolute atomic E-state index is 0.131. The third-order valence-corrected chi connectivity index (χ3v) is 4.12. The number of nitrogens with zero attached hydrogens (tertiary/aromatic N) is 3. The van der Waals surface area contributed by atoms with Gasteiger partial charge in [-0.05, 0) is 30.7 Å². The number of rotatable bonds is 2. The highest BCUT2D eigenvalue weighted by Gasteiger charge is 2.30. The SMILES string of the molecule is Cc1cnc2c(c1Nc1cccc(C(F)(F)F)c1)c(=O)n(C)c(=O)n2C. The Labute approximate surface area is 145 Å². The minimum atomic E-state index is -4.48. The Hall–Kier alpha value is -3.10. The van der Waals surface area contributed by atoms with Crippen LogP contribution in [0.1, 0.15) is 11.1 Å². The second kappa shape index (κ2) is 6.01. The van der Waals surface area contributed by atoms with Crippen LogP contribution in [0.5, 0.6) is 0 Å². The highest BCUT2D eigenvalue weighted by molar-refractivity contribution is 5.92. The molecule has 0 saturated heterocycles. The fourth-order valence-electron chi connectivity index (χ4n) is 2.70. The summed E-state index contributed by atoms with van der Waals surface area (Å²) in [5.74, 6) is 0. The molecule has 0 atom stereocenters. The number of benzene rings is 1. The highest BCUT2D eigenvalue weighted by atomic mass is 19.4. The molecule has 0 unspecified atom stereocenters. The van der Waals surface area contributed by atoms with E-state index in [0.29, 0.717) is 11.3 Å². The average molecular weight is 364 g/mol. The number of halogens is 3. The molecule has 136 valence electrons. The van der Waals surface area contributed by atoms with E-state index in [1.54, 1.807) is 6.92 Å². The zero-order valence-electron chi connectivity index (χ0n) is 14.2. The summed E-state index contributed by atoms with van der Waals surface area (Å²) >= 11 is 0. The number of pyridine rings is 1. The summed E-state index contributed by atoms with van der Waals surface area (Å²) in [7, 11) is 2.81. The van der Waals surface area contributed by atoms with Gasteiger partial charge in [0.2, 0.25) is 0 Å². The lowest BCUT2D eigenvalue weighted by Gasteiger charge is -2.15. The normalized spacial score (nSPS) is 11.8. The molecule has 9 heteroatoms. The van der Waals surface area contributed by atoms with Crippen LogP contribution in [0, 0.1) is 6.92 Å². The molecule has 6 nitrogen and oxygen atoms in total. The van der Waals surface area contributed by atoms with Crippen molar-refractivity contribution in [3.63, 3.8) is 0 Å². The van der Waals surface area contributed by atoms with E-state index >= 15 is 0 Å². The number of aromatic nitrogens is 3. The monoisotopic (exact) mass is 364 g/mol. The average Bonchev–Trinajstić information content (AvgIpc) is 2.59. The van der Waals surface area contributed by atoms with Crippen LogP contribution in [0.15, 0.2) is 40.1 Å². The van der Waals surface area contributed by atoms with Gasteiger partial charge < -0.3 is 5.32 Å². The van der Waals surface area contributed by atoms with Gasteiger partial charge in [0.1, 0.15) is 5.39 Å². The van der Waals surface area contributed by atoms with Crippen LogP contribution in [-0.4, -0.2) is 14.1 Å². The molecule has 2 heterocycles. The Bertz CT molecular complexity index is 1130. The Morgan fingerprint density at radius 1 is 1.12 bits per heavy atom. The van der Waals surface area contributed by atoms with E-state index in [2.05, 4.69) is 10.3 Å². The van der Waals surface area contributed by atoms with Crippen LogP contribution < -0.4 is 16.6 Å². The summed E-state index contributed by atoms with van der Waals surface area (Å²) in [6.07, 6.45) is -3.02. The Balaban J connectivity index is 2.25. The molecule has 2 aromatic heterocycles. The van der Waals surface area contributed by atoms with Crippen molar-refractivity contribution in [1.29, 1.82) is 0 Å². The zero-order valence-corrected chi connectivity index (χ0v) is 14.2. The van der Waals surface area contributed by atoms with E-state index in [9.17, 15) is 22.8 Å². The summed E-state index contributed by atoms with van der Waals surface area (Å²) in [4.78, 5) is 28.8. The van der Waals surface area contributed by atoms with Crippen molar-refractivity contribution in [2.75, 3.05) is 5.32 Å². The van der Waals surface area contributed by atoms with Gasteiger partial charge in [-0.3, -0.25) is 13.9 Å². The molecule has 3 rings (SSSR count). The minimum Gasteiger partial charge on any atom is -0.354 e. The molecule has 1 aromatic carbocycles. The fraction of sp³-hybridized carbons (Fsp3) is 0.235. The van der Waals surface area contributed by atoms with Gasteiger partial charge in [-0.15, -0.1) is 0 Å². The molecule has 1 N–H and O–H groups in total. The number of alkyl halides is 3. The van der Waals surface area contributed by atoms with Gasteiger partial charge in [-0.2, -0.15) is 13.2 Å². The number of hydrogen-bond acceptors (Lipinski definition) is 4. The van der Waals surface area contributed by atoms with Crippen molar-refractivity contribution in [2.24, 2.45) is 14.1 Å². The van der Waals surface area contributed by atoms with Gasteiger partial charge >= 0.3 is 11.9 Å². The molecule has 26 heavy (non-hydrogen) atoms. The Kier molecular flexibility index (Phi) is 4.09. The predicted octanol–water partition coefficient (Wildman–Crippen LogP) is 2.70. The molecule has 0 radical (unpaired) electrons. The summed E-state index contributed by atoms with van der Waals surface area (Å²) in [6, 6.07) is 4.66. The van der Waals surface area contributed by atoms with Gasteiger partial charge in [-0.1, -0.05) is 6.07 Å². The van der Waals surface area contributed by atoms with Gasteiger partial charge in [0.05, 0.1) is 11.3 Å². The Morgan fingerprint density at radius 2 is 1.81 bits per heavy atom. The highest BCUT2D eigenvalue weighted by Crippen LogP contribution is 2.32. The number of fused-ring (bicyclic) bond motifs is 1. The van der Waals surface area contributed by atoms with E-state index in [-0.39, 0.29) is 16.7 Å². The number of anilines is 2. The van der Waals surface area contributed by atoms with Crippen molar-refractivity contribution in [3.8, 4) is 0 Å². The molecule has 0 amide bonds. The van der Waals surface area contributed by atoms with E-state index in [1.807, 2.05) is 0 Å². The maximum Gasteiger partial charge on any atom is 0.416 e. The predicted molar refractivity (Wildman–Crippen MR) is 91.7 cm³/mol. The summed E-state index contributed by atoms with van der Waals surface area (Å²) in [5, 5.41) is 3.01. The molecule has 3 aromatic rings. The van der Waals surface area contributed by atoms with Crippen LogP contribution in [0.25, 0.3) is 11.0 Å². The van der Waals surface area contributed by atoms with Crippen LogP contribution >= 0.6 is 0 Å². The lowest BCUT2D eigenvalue weighted by molar-refractivity contribution is -0.137. The standard InChI is InChI=1S/C17H15F3N4O2/c1-9-8-21-14-12(15(25)24(3)16(26)23(14)2)13(9)22-11-6-4-5-10(7-11)17(18,19)20/h4-8H,1-3H3,(H,21,22). The largest absolute Gasteiger partial charge is 0.416 e. The Morgan fingerprint density at radius 3 is 2.46 bits per heavy atom. The number of nitrogens with one attached hydrogen (secondary N) is 1. The fourth-order valence-corrected chi connectivity index (χ4v) is 2.70. The van der Waals surface area contributed by atoms with Crippen LogP contribution in [-0.2, 0) is 20.3 Å². The quantitative estimate of drug-likeness (QED) is 0.759. The molecule has 0 bridgehead atoms. The van der Waals surface area contributed by atoms with Crippen molar-refractivity contribution in [3.05, 3.63) is 62.4 Å². The van der Waals surface area contributed by atoms with E-state index in [0.717, 1.165) is 16.7 Å². The first-order chi connectivity index (χ1) is 12.1. The van der Waals surface area contributed by atoms with Crippen molar-refractivity contribution < 1.29 is 13.2 Å². The topological polar surface area (TPSA) is 68.9 Å². The number of hydrogen-bond donors (Lipinski definition) is 1. The third-order valence-electron chi connectivity index (χ3n) is 4.12. The second-order valence-electron chi connectivity index (χ2n) is 5.92. The molecule has 0 fully saturated rings. The first-order valence-corrected chi connectivity index (χ1v) is 7.61. The molecule has 0 aliphatic carbocycles. The maximum atomic E-state index is 12.9. The molecular weight excluding hydrogens is 349 g/mol. The second-order valence-corrected chi connectivity index (χ2v) is 5.92. The first kappa shape index (κ1) is 17.7. The maximum absolute atomic E-state index is 12.9. The first-order valence-electron chi connectivity index (χ1n) is 7.61. The van der Waals surface area contributed by atoms with E-state index in [4.69, 9.17) is 0 Å².